The van der Waals surface area contributed by atoms with E-state index in [4.69, 9.17) is 10.5 Å². The molecule has 98 valence electrons. The van der Waals surface area contributed by atoms with E-state index < -0.39 is 11.8 Å². The maximum atomic E-state index is 12.9. The molecule has 0 heterocycles. The van der Waals surface area contributed by atoms with Gasteiger partial charge in [-0.25, -0.2) is 9.18 Å². The van der Waals surface area contributed by atoms with Gasteiger partial charge in [-0.15, -0.1) is 0 Å². The summed E-state index contributed by atoms with van der Waals surface area (Å²) in [5.74, 6) is -1.05. The lowest BCUT2D eigenvalue weighted by molar-refractivity contribution is 0.0474. The Balaban J connectivity index is 2.03. The molecule has 0 aliphatic rings. The molecule has 5 heteroatoms. The first-order valence-corrected chi connectivity index (χ1v) is 6.32. The van der Waals surface area contributed by atoms with Crippen LogP contribution < -0.4 is 5.73 Å². The zero-order valence-corrected chi connectivity index (χ0v) is 11.5. The van der Waals surface area contributed by atoms with E-state index >= 15 is 0 Å². The van der Waals surface area contributed by atoms with Crippen molar-refractivity contribution in [2.75, 3.05) is 5.73 Å². The number of anilines is 1. The zero-order valence-electron chi connectivity index (χ0n) is 9.90. The minimum absolute atomic E-state index is 0.0702. The van der Waals surface area contributed by atoms with Crippen LogP contribution in [0.15, 0.2) is 46.9 Å². The number of benzene rings is 2. The molecule has 0 aromatic heterocycles. The Hall–Kier alpha value is -1.88. The van der Waals surface area contributed by atoms with Crippen LogP contribution >= 0.6 is 15.9 Å². The normalized spacial score (nSPS) is 10.2. The summed E-state index contributed by atoms with van der Waals surface area (Å²) >= 11 is 3.32. The largest absolute Gasteiger partial charge is 0.457 e. The molecule has 0 unspecified atom stereocenters. The second-order valence-electron chi connectivity index (χ2n) is 3.93. The van der Waals surface area contributed by atoms with Gasteiger partial charge in [0, 0.05) is 10.2 Å². The van der Waals surface area contributed by atoms with Crippen LogP contribution in [0.2, 0.25) is 0 Å². The van der Waals surface area contributed by atoms with Gasteiger partial charge in [0.15, 0.2) is 0 Å². The van der Waals surface area contributed by atoms with E-state index in [9.17, 15) is 9.18 Å². The Labute approximate surface area is 118 Å². The number of carbonyl (C=O) groups excluding carboxylic acids is 1. The number of halogens is 2. The fourth-order valence-electron chi connectivity index (χ4n) is 1.53. The van der Waals surface area contributed by atoms with Gasteiger partial charge < -0.3 is 10.5 Å². The summed E-state index contributed by atoms with van der Waals surface area (Å²) < 4.78 is 18.9. The van der Waals surface area contributed by atoms with Crippen molar-refractivity contribution in [2.45, 2.75) is 6.61 Å². The highest BCUT2D eigenvalue weighted by Crippen LogP contribution is 2.16. The summed E-state index contributed by atoms with van der Waals surface area (Å²) in [6.07, 6.45) is 0. The summed E-state index contributed by atoms with van der Waals surface area (Å²) in [7, 11) is 0. The summed E-state index contributed by atoms with van der Waals surface area (Å²) in [5.41, 5.74) is 6.66. The van der Waals surface area contributed by atoms with Gasteiger partial charge in [-0.1, -0.05) is 28.1 Å². The van der Waals surface area contributed by atoms with Gasteiger partial charge in [-0.05, 0) is 35.9 Å². The standard InChI is InChI=1S/C14H11BrFNO2/c15-10-3-1-9(2-4-10)8-19-14(18)12-6-5-11(16)7-13(12)17/h1-7H,8,17H2. The summed E-state index contributed by atoms with van der Waals surface area (Å²) in [6, 6.07) is 11.0. The third-order valence-corrected chi connectivity index (χ3v) is 3.05. The summed E-state index contributed by atoms with van der Waals surface area (Å²) in [5, 5.41) is 0. The fourth-order valence-corrected chi connectivity index (χ4v) is 1.79. The third-order valence-electron chi connectivity index (χ3n) is 2.52. The van der Waals surface area contributed by atoms with Crippen LogP contribution in [0.1, 0.15) is 15.9 Å². The van der Waals surface area contributed by atoms with E-state index in [1.807, 2.05) is 24.3 Å². The van der Waals surface area contributed by atoms with Crippen molar-refractivity contribution in [1.29, 1.82) is 0 Å². The molecule has 0 saturated carbocycles. The highest BCUT2D eigenvalue weighted by atomic mass is 79.9. The van der Waals surface area contributed by atoms with Crippen LogP contribution in [-0.4, -0.2) is 5.97 Å². The lowest BCUT2D eigenvalue weighted by Gasteiger charge is -2.07. The smallest absolute Gasteiger partial charge is 0.340 e. The number of nitrogens with two attached hydrogens (primary N) is 1. The van der Waals surface area contributed by atoms with E-state index in [2.05, 4.69) is 15.9 Å². The van der Waals surface area contributed by atoms with Crippen molar-refractivity contribution in [3.63, 3.8) is 0 Å². The zero-order chi connectivity index (χ0) is 13.8. The maximum Gasteiger partial charge on any atom is 0.340 e. The first-order valence-electron chi connectivity index (χ1n) is 5.53. The predicted molar refractivity (Wildman–Crippen MR) is 74.1 cm³/mol. The van der Waals surface area contributed by atoms with Crippen molar-refractivity contribution in [2.24, 2.45) is 0 Å². The molecule has 19 heavy (non-hydrogen) atoms. The van der Waals surface area contributed by atoms with Gasteiger partial charge in [0.25, 0.3) is 0 Å². The number of hydrogen-bond acceptors (Lipinski definition) is 3. The Bertz CT molecular complexity index is 599. The third kappa shape index (κ3) is 3.54. The predicted octanol–water partition coefficient (Wildman–Crippen LogP) is 3.53. The molecule has 0 amide bonds. The van der Waals surface area contributed by atoms with Crippen LogP contribution in [-0.2, 0) is 11.3 Å². The number of ether oxygens (including phenoxy) is 1. The number of nitrogen functional groups attached to an aromatic ring is 1. The van der Waals surface area contributed by atoms with Gasteiger partial charge in [-0.3, -0.25) is 0 Å². The molecule has 0 bridgehead atoms. The molecule has 0 radical (unpaired) electrons. The van der Waals surface area contributed by atoms with E-state index in [0.717, 1.165) is 16.1 Å². The Morgan fingerprint density at radius 3 is 2.53 bits per heavy atom. The van der Waals surface area contributed by atoms with Crippen molar-refractivity contribution >= 4 is 27.6 Å². The number of hydrogen-bond donors (Lipinski definition) is 1. The minimum Gasteiger partial charge on any atom is -0.457 e. The van der Waals surface area contributed by atoms with Gasteiger partial charge in [-0.2, -0.15) is 0 Å². The second kappa shape index (κ2) is 5.84. The van der Waals surface area contributed by atoms with Gasteiger partial charge in [0.2, 0.25) is 0 Å². The number of rotatable bonds is 3. The molecule has 2 rings (SSSR count). The quantitative estimate of drug-likeness (QED) is 0.694. The van der Waals surface area contributed by atoms with Crippen LogP contribution in [0.25, 0.3) is 0 Å². The Kier molecular flexibility index (Phi) is 4.16. The molecule has 3 nitrogen and oxygen atoms in total. The molecule has 0 aliphatic carbocycles. The van der Waals surface area contributed by atoms with Crippen molar-refractivity contribution in [3.05, 3.63) is 63.9 Å². The molecule has 0 fully saturated rings. The first-order chi connectivity index (χ1) is 9.06. The highest BCUT2D eigenvalue weighted by Gasteiger charge is 2.11. The van der Waals surface area contributed by atoms with E-state index in [1.165, 1.54) is 12.1 Å². The molecule has 0 aliphatic heterocycles. The average Bonchev–Trinajstić information content (AvgIpc) is 2.37. The summed E-state index contributed by atoms with van der Waals surface area (Å²) in [4.78, 5) is 11.8. The van der Waals surface area contributed by atoms with Crippen LogP contribution in [0.4, 0.5) is 10.1 Å². The van der Waals surface area contributed by atoms with Crippen molar-refractivity contribution < 1.29 is 13.9 Å². The maximum absolute atomic E-state index is 12.9. The molecular weight excluding hydrogens is 313 g/mol. The lowest BCUT2D eigenvalue weighted by atomic mass is 10.2. The molecule has 0 atom stereocenters. The lowest BCUT2D eigenvalue weighted by Crippen LogP contribution is -2.08. The topological polar surface area (TPSA) is 52.3 Å². The fraction of sp³-hybridized carbons (Fsp3) is 0.0714. The highest BCUT2D eigenvalue weighted by molar-refractivity contribution is 9.10. The molecule has 2 aromatic rings. The Morgan fingerprint density at radius 2 is 1.89 bits per heavy atom. The van der Waals surface area contributed by atoms with Crippen LogP contribution in [0.3, 0.4) is 0 Å². The molecule has 0 spiro atoms. The van der Waals surface area contributed by atoms with Gasteiger partial charge in [0.1, 0.15) is 12.4 Å². The molecular formula is C14H11BrFNO2. The average molecular weight is 324 g/mol. The van der Waals surface area contributed by atoms with E-state index in [1.54, 1.807) is 0 Å². The molecule has 0 saturated heterocycles. The van der Waals surface area contributed by atoms with Gasteiger partial charge in [0.05, 0.1) is 5.56 Å². The molecule has 2 N–H and O–H groups in total. The molecule has 2 aromatic carbocycles. The van der Waals surface area contributed by atoms with E-state index in [0.29, 0.717) is 0 Å². The van der Waals surface area contributed by atoms with Crippen molar-refractivity contribution in [1.82, 2.24) is 0 Å². The monoisotopic (exact) mass is 323 g/mol. The van der Waals surface area contributed by atoms with Crippen LogP contribution in [0, 0.1) is 5.82 Å². The number of esters is 1. The second-order valence-corrected chi connectivity index (χ2v) is 4.85. The minimum atomic E-state index is -0.569. The van der Waals surface area contributed by atoms with E-state index in [-0.39, 0.29) is 17.9 Å². The van der Waals surface area contributed by atoms with Crippen molar-refractivity contribution in [3.8, 4) is 0 Å². The number of carbonyl (C=O) groups is 1. The first kappa shape index (κ1) is 13.5. The summed E-state index contributed by atoms with van der Waals surface area (Å²) in [6.45, 7) is 0.142. The Morgan fingerprint density at radius 1 is 1.21 bits per heavy atom. The van der Waals surface area contributed by atoms with Gasteiger partial charge >= 0.3 is 5.97 Å². The van der Waals surface area contributed by atoms with Crippen LogP contribution in [0.5, 0.6) is 0 Å². The SMILES string of the molecule is Nc1cc(F)ccc1C(=O)OCc1ccc(Br)cc1.